The van der Waals surface area contributed by atoms with Gasteiger partial charge in [-0.25, -0.2) is 0 Å². The molecule has 0 spiro atoms. The number of rotatable bonds is 5. The van der Waals surface area contributed by atoms with Crippen LogP contribution in [0.2, 0.25) is 3.67 Å². The molecule has 0 amide bonds. The Hall–Kier alpha value is -2.12. The first-order valence-corrected chi connectivity index (χ1v) is 22.9. The zero-order valence-corrected chi connectivity index (χ0v) is 31.5. The van der Waals surface area contributed by atoms with E-state index in [0.29, 0.717) is 13.3 Å². The number of fused-ring (bicyclic) bond motifs is 3. The SMILES string of the molecule is CC(C)c1ccc([C](C2CCCCC2)=[Hf]([CH]2C=CC=C2)[CH]2c3cc(C(C)(C)C)ccc3-c3ccc(C(C)(C)C)cc32)cc1. The maximum atomic E-state index is 2.64. The first-order valence-electron chi connectivity index (χ1n) is 16.9. The van der Waals surface area contributed by atoms with Crippen LogP contribution in [0.5, 0.6) is 0 Å². The molecule has 0 aromatic heterocycles. The third kappa shape index (κ3) is 6.10. The van der Waals surface area contributed by atoms with Crippen LogP contribution in [0.3, 0.4) is 0 Å². The van der Waals surface area contributed by atoms with E-state index in [1.165, 1.54) is 59.9 Å². The maximum absolute atomic E-state index is 2.77. The van der Waals surface area contributed by atoms with Crippen LogP contribution >= 0.6 is 0 Å². The molecular weight excluding hydrogens is 683 g/mol. The third-order valence-corrected chi connectivity index (χ3v) is 23.5. The summed E-state index contributed by atoms with van der Waals surface area (Å²) in [6.07, 6.45) is 16.8. The van der Waals surface area contributed by atoms with E-state index in [1.54, 1.807) is 16.7 Å². The molecule has 0 aliphatic heterocycles. The van der Waals surface area contributed by atoms with E-state index in [-0.39, 0.29) is 10.8 Å². The van der Waals surface area contributed by atoms with Crippen LogP contribution in [0.4, 0.5) is 0 Å². The Bertz CT molecular complexity index is 1500. The van der Waals surface area contributed by atoms with Crippen molar-refractivity contribution in [3.05, 3.63) is 118 Å². The van der Waals surface area contributed by atoms with E-state index in [4.69, 9.17) is 0 Å². The molecule has 224 valence electrons. The summed E-state index contributed by atoms with van der Waals surface area (Å²) >= 11 is -2.77. The molecule has 0 N–H and O–H groups in total. The zero-order chi connectivity index (χ0) is 30.5. The predicted octanol–water partition coefficient (Wildman–Crippen LogP) is 11.8. The van der Waals surface area contributed by atoms with Gasteiger partial charge in [0.1, 0.15) is 0 Å². The van der Waals surface area contributed by atoms with Gasteiger partial charge in [-0.3, -0.25) is 0 Å². The molecule has 0 atom stereocenters. The van der Waals surface area contributed by atoms with Gasteiger partial charge in [0, 0.05) is 0 Å². The molecule has 0 nitrogen and oxygen atoms in total. The average molecular weight is 735 g/mol. The van der Waals surface area contributed by atoms with Crippen molar-refractivity contribution in [2.45, 2.75) is 112 Å². The predicted molar refractivity (Wildman–Crippen MR) is 184 cm³/mol. The zero-order valence-electron chi connectivity index (χ0n) is 27.9. The molecule has 1 heteroatoms. The van der Waals surface area contributed by atoms with Gasteiger partial charge in [0.15, 0.2) is 0 Å². The van der Waals surface area contributed by atoms with Crippen LogP contribution in [0.1, 0.15) is 130 Å². The first kappa shape index (κ1) is 30.9. The number of benzene rings is 3. The second kappa shape index (κ2) is 12.0. The van der Waals surface area contributed by atoms with Gasteiger partial charge in [0.25, 0.3) is 0 Å². The van der Waals surface area contributed by atoms with Gasteiger partial charge in [-0.05, 0) is 0 Å². The molecule has 3 aliphatic carbocycles. The minimum absolute atomic E-state index is 0.131. The summed E-state index contributed by atoms with van der Waals surface area (Å²) in [6.45, 7) is 18.9. The molecule has 3 aromatic rings. The normalized spacial score (nSPS) is 18.3. The Labute approximate surface area is 269 Å². The quantitative estimate of drug-likeness (QED) is 0.229. The average Bonchev–Trinajstić information content (AvgIpc) is 3.62. The van der Waals surface area contributed by atoms with E-state index in [2.05, 4.69) is 140 Å². The summed E-state index contributed by atoms with van der Waals surface area (Å²) in [5.74, 6) is 1.29. The minimum atomic E-state index is -2.77. The fraction of sp³-hybridized carbons (Fsp3) is 0.452. The van der Waals surface area contributed by atoms with E-state index < -0.39 is 21.0 Å². The molecule has 43 heavy (non-hydrogen) atoms. The number of hydrogen-bond donors (Lipinski definition) is 0. The van der Waals surface area contributed by atoms with E-state index in [1.807, 2.05) is 3.26 Å². The van der Waals surface area contributed by atoms with E-state index in [9.17, 15) is 0 Å². The van der Waals surface area contributed by atoms with Crippen molar-refractivity contribution in [3.63, 3.8) is 0 Å². The molecule has 3 aromatic carbocycles. The number of hydrogen-bond acceptors (Lipinski definition) is 0. The Morgan fingerprint density at radius 1 is 0.674 bits per heavy atom. The van der Waals surface area contributed by atoms with Crippen molar-refractivity contribution < 1.29 is 21.0 Å². The van der Waals surface area contributed by atoms with Gasteiger partial charge >= 0.3 is 271 Å². The van der Waals surface area contributed by atoms with Crippen molar-refractivity contribution in [1.29, 1.82) is 0 Å². The second-order valence-corrected chi connectivity index (χ2v) is 25.5. The summed E-state index contributed by atoms with van der Waals surface area (Å²) < 4.78 is 3.07. The van der Waals surface area contributed by atoms with Gasteiger partial charge in [0.2, 0.25) is 0 Å². The van der Waals surface area contributed by atoms with Crippen LogP contribution < -0.4 is 0 Å². The van der Waals surface area contributed by atoms with Crippen molar-refractivity contribution in [2.24, 2.45) is 5.92 Å². The van der Waals surface area contributed by atoms with E-state index in [0.717, 1.165) is 5.92 Å². The van der Waals surface area contributed by atoms with Crippen LogP contribution in [0, 0.1) is 5.92 Å². The van der Waals surface area contributed by atoms with Gasteiger partial charge in [-0.15, -0.1) is 0 Å². The third-order valence-electron chi connectivity index (χ3n) is 10.4. The molecule has 0 radical (unpaired) electrons. The topological polar surface area (TPSA) is 0 Å². The van der Waals surface area contributed by atoms with Gasteiger partial charge in [-0.1, -0.05) is 0 Å². The molecule has 0 saturated heterocycles. The molecule has 3 aliphatic rings. The standard InChI is InChI=1S/C21H25.C16H22.C5H5.Hf/c1-20(2,3)16-7-9-18-14(12-16)11-15-13-17(21(4,5)6)8-10-19(15)18;1-13(2)16-10-8-15(9-11-16)12-14-6-4-3-5-7-14;1-2-4-5-3-1;/h7-13H,1-6H3;8-11,13-14H,3-7H2,1-2H3;1-5H;. The van der Waals surface area contributed by atoms with Gasteiger partial charge in [-0.2, -0.15) is 0 Å². The molecule has 6 rings (SSSR count). The van der Waals surface area contributed by atoms with Gasteiger partial charge in [0.05, 0.1) is 0 Å². The summed E-state index contributed by atoms with van der Waals surface area (Å²) in [7, 11) is 0. The van der Waals surface area contributed by atoms with E-state index >= 15 is 0 Å². The Morgan fingerprint density at radius 3 is 1.65 bits per heavy atom. The van der Waals surface area contributed by atoms with Crippen LogP contribution in [0.25, 0.3) is 11.1 Å². The monoisotopic (exact) mass is 736 g/mol. The first-order chi connectivity index (χ1) is 20.4. The summed E-state index contributed by atoms with van der Waals surface area (Å²) in [4.78, 5) is 0. The van der Waals surface area contributed by atoms with Crippen molar-refractivity contribution in [1.82, 2.24) is 0 Å². The molecule has 0 bridgehead atoms. The summed E-state index contributed by atoms with van der Waals surface area (Å²) in [5.41, 5.74) is 12.5. The van der Waals surface area contributed by atoms with Crippen molar-refractivity contribution >= 4 is 3.26 Å². The fourth-order valence-corrected chi connectivity index (χ4v) is 22.5. The Balaban J connectivity index is 1.68. The van der Waals surface area contributed by atoms with Crippen molar-refractivity contribution in [3.8, 4) is 11.1 Å². The van der Waals surface area contributed by atoms with Gasteiger partial charge < -0.3 is 0 Å². The molecular formula is C42H52Hf. The second-order valence-electron chi connectivity index (χ2n) is 15.8. The number of allylic oxidation sites excluding steroid dienone is 4. The summed E-state index contributed by atoms with van der Waals surface area (Å²) in [6, 6.07) is 25.0. The fourth-order valence-electron chi connectivity index (χ4n) is 7.77. The van der Waals surface area contributed by atoms with Crippen LogP contribution in [0.15, 0.2) is 85.0 Å². The molecule has 0 unspecified atom stereocenters. The Morgan fingerprint density at radius 2 is 1.19 bits per heavy atom. The molecule has 1 fully saturated rings. The molecule has 0 heterocycles. The van der Waals surface area contributed by atoms with Crippen LogP contribution in [-0.4, -0.2) is 3.26 Å². The van der Waals surface area contributed by atoms with Crippen LogP contribution in [-0.2, 0) is 31.8 Å². The molecule has 1 saturated carbocycles. The summed E-state index contributed by atoms with van der Waals surface area (Å²) in [5, 5.41) is 0. The Kier molecular flexibility index (Phi) is 8.62. The van der Waals surface area contributed by atoms with Crippen molar-refractivity contribution in [2.75, 3.05) is 0 Å².